The zero-order valence-electron chi connectivity index (χ0n) is 25.8. The number of esters is 1. The third-order valence-corrected chi connectivity index (χ3v) is 7.45. The lowest BCUT2D eigenvalue weighted by molar-refractivity contribution is -0.870. The van der Waals surface area contributed by atoms with Crippen LogP contribution < -0.4 is 4.89 Å². The van der Waals surface area contributed by atoms with Gasteiger partial charge in [0, 0.05) is 19.6 Å². The number of hydrogen-bond donors (Lipinski definition) is 0. The number of carbonyl (C=O) groups is 1. The van der Waals surface area contributed by atoms with Crippen LogP contribution in [0, 0.1) is 0 Å². The van der Waals surface area contributed by atoms with Gasteiger partial charge in [-0.25, -0.2) is 0 Å². The lowest BCUT2D eigenvalue weighted by atomic mass is 10.0. The largest absolute Gasteiger partial charge is 0.756 e. The first-order valence-corrected chi connectivity index (χ1v) is 16.7. The number of hydrogen-bond acceptors (Lipinski definition) is 8. The molecule has 39 heavy (non-hydrogen) atoms. The molecule has 0 N–H and O–H groups in total. The number of phosphoric ester groups is 1. The molecule has 9 nitrogen and oxygen atoms in total. The first-order valence-electron chi connectivity index (χ1n) is 15.3. The fourth-order valence-corrected chi connectivity index (χ4v) is 4.69. The summed E-state index contributed by atoms with van der Waals surface area (Å²) in [6.07, 6.45) is 18.3. The normalized spacial score (nSPS) is 14.3. The zero-order valence-corrected chi connectivity index (χ0v) is 26.7. The highest BCUT2D eigenvalue weighted by atomic mass is 31.2. The molecular weight excluding hydrogens is 521 g/mol. The molecule has 10 heteroatoms. The van der Waals surface area contributed by atoms with Crippen molar-refractivity contribution >= 4 is 13.8 Å². The molecule has 0 fully saturated rings. The highest BCUT2D eigenvalue weighted by molar-refractivity contribution is 7.45. The standard InChI is InChI=1S/C29H60NO8P/c1-6-7-8-9-10-11-12-13-14-15-16-17-18-19-23-35-26-28(36-24-20-21-29(31)34-5)27-38-39(32,33)37-25-22-30(2,3)4/h28H,6-27H2,1-5H3/t28-/m1/s1. The van der Waals surface area contributed by atoms with Crippen LogP contribution in [-0.2, 0) is 32.6 Å². The lowest BCUT2D eigenvalue weighted by Crippen LogP contribution is -2.37. The summed E-state index contributed by atoms with van der Waals surface area (Å²) in [5, 5.41) is 0. The number of ether oxygens (including phenoxy) is 3. The first kappa shape index (κ1) is 38.5. The average molecular weight is 582 g/mol. The summed E-state index contributed by atoms with van der Waals surface area (Å²) >= 11 is 0. The molecule has 0 saturated heterocycles. The molecule has 0 radical (unpaired) electrons. The Bertz CT molecular complexity index is 615. The number of rotatable bonds is 29. The molecule has 0 aliphatic carbocycles. The highest BCUT2D eigenvalue weighted by Crippen LogP contribution is 2.38. The minimum absolute atomic E-state index is 0.0462. The zero-order chi connectivity index (χ0) is 29.2. The van der Waals surface area contributed by atoms with Crippen molar-refractivity contribution < 1.29 is 42.0 Å². The van der Waals surface area contributed by atoms with Crippen LogP contribution in [0.5, 0.6) is 0 Å². The number of quaternary nitrogens is 1. The van der Waals surface area contributed by atoms with E-state index in [4.69, 9.17) is 18.5 Å². The van der Waals surface area contributed by atoms with E-state index in [1.807, 2.05) is 21.1 Å². The van der Waals surface area contributed by atoms with E-state index < -0.39 is 13.9 Å². The highest BCUT2D eigenvalue weighted by Gasteiger charge is 2.18. The average Bonchev–Trinajstić information content (AvgIpc) is 2.87. The van der Waals surface area contributed by atoms with Gasteiger partial charge in [-0.1, -0.05) is 90.4 Å². The van der Waals surface area contributed by atoms with Gasteiger partial charge in [0.2, 0.25) is 0 Å². The van der Waals surface area contributed by atoms with Crippen LogP contribution in [-0.4, -0.2) is 84.4 Å². The van der Waals surface area contributed by atoms with E-state index in [1.165, 1.54) is 84.2 Å². The van der Waals surface area contributed by atoms with Crippen LogP contribution in [0.4, 0.5) is 0 Å². The van der Waals surface area contributed by atoms with Gasteiger partial charge in [0.15, 0.2) is 0 Å². The molecule has 0 aliphatic heterocycles. The fraction of sp³-hybridized carbons (Fsp3) is 0.966. The predicted molar refractivity (Wildman–Crippen MR) is 155 cm³/mol. The van der Waals surface area contributed by atoms with Gasteiger partial charge in [0.05, 0.1) is 41.5 Å². The van der Waals surface area contributed by atoms with Gasteiger partial charge in [-0.2, -0.15) is 0 Å². The van der Waals surface area contributed by atoms with Crippen molar-refractivity contribution in [2.24, 2.45) is 0 Å². The molecule has 0 bridgehead atoms. The predicted octanol–water partition coefficient (Wildman–Crippen LogP) is 6.03. The maximum atomic E-state index is 12.1. The summed E-state index contributed by atoms with van der Waals surface area (Å²) < 4.78 is 38.9. The Hall–Kier alpha value is -0.540. The van der Waals surface area contributed by atoms with Crippen molar-refractivity contribution in [3.63, 3.8) is 0 Å². The van der Waals surface area contributed by atoms with Crippen LogP contribution in [0.25, 0.3) is 0 Å². The van der Waals surface area contributed by atoms with E-state index in [2.05, 4.69) is 11.7 Å². The van der Waals surface area contributed by atoms with Gasteiger partial charge in [-0.05, 0) is 12.8 Å². The second-order valence-corrected chi connectivity index (χ2v) is 12.8. The lowest BCUT2D eigenvalue weighted by Gasteiger charge is -2.28. The van der Waals surface area contributed by atoms with Crippen LogP contribution >= 0.6 is 7.82 Å². The monoisotopic (exact) mass is 581 g/mol. The van der Waals surface area contributed by atoms with Crippen LogP contribution in [0.15, 0.2) is 0 Å². The molecule has 0 rings (SSSR count). The molecular formula is C29H60NO8P. The van der Waals surface area contributed by atoms with Gasteiger partial charge in [-0.3, -0.25) is 9.36 Å². The van der Waals surface area contributed by atoms with Crippen LogP contribution in [0.3, 0.4) is 0 Å². The number of nitrogens with zero attached hydrogens (tertiary/aromatic N) is 1. The smallest absolute Gasteiger partial charge is 0.305 e. The van der Waals surface area contributed by atoms with Crippen LogP contribution in [0.2, 0.25) is 0 Å². The number of phosphoric acid groups is 1. The van der Waals surface area contributed by atoms with Crippen LogP contribution in [0.1, 0.15) is 110 Å². The topological polar surface area (TPSA) is 103 Å². The van der Waals surface area contributed by atoms with Crippen molar-refractivity contribution in [2.75, 3.05) is 67.8 Å². The second kappa shape index (κ2) is 25.2. The van der Waals surface area contributed by atoms with E-state index >= 15 is 0 Å². The maximum absolute atomic E-state index is 12.1. The van der Waals surface area contributed by atoms with Gasteiger partial charge < -0.3 is 32.6 Å². The number of likely N-dealkylation sites (N-methyl/N-ethyl adjacent to an activating group) is 1. The molecule has 0 aromatic heterocycles. The number of methoxy groups -OCH3 is 1. The number of unbranched alkanes of at least 4 members (excludes halogenated alkanes) is 13. The Morgan fingerprint density at radius 3 is 1.79 bits per heavy atom. The SMILES string of the molecule is CCCCCCCCCCCCCCCCOC[C@H](COP(=O)([O-])OCC[N+](C)(C)C)OCCCC(=O)OC. The minimum Gasteiger partial charge on any atom is -0.756 e. The maximum Gasteiger partial charge on any atom is 0.305 e. The molecule has 234 valence electrons. The van der Waals surface area contributed by atoms with Crippen molar-refractivity contribution in [1.29, 1.82) is 0 Å². The van der Waals surface area contributed by atoms with Gasteiger partial charge in [0.25, 0.3) is 7.82 Å². The van der Waals surface area contributed by atoms with Crippen molar-refractivity contribution in [1.82, 2.24) is 0 Å². The minimum atomic E-state index is -4.44. The summed E-state index contributed by atoms with van der Waals surface area (Å²) in [6, 6.07) is 0. The Morgan fingerprint density at radius 2 is 1.28 bits per heavy atom. The Kier molecular flexibility index (Phi) is 24.8. The molecule has 1 unspecified atom stereocenters. The molecule has 0 aliphatic rings. The summed E-state index contributed by atoms with van der Waals surface area (Å²) in [7, 11) is 2.76. The molecule has 0 heterocycles. The van der Waals surface area contributed by atoms with E-state index in [0.717, 1.165) is 12.8 Å². The molecule has 2 atom stereocenters. The quantitative estimate of drug-likeness (QED) is 0.0457. The van der Waals surface area contributed by atoms with E-state index in [0.29, 0.717) is 24.1 Å². The summed E-state index contributed by atoms with van der Waals surface area (Å²) in [4.78, 5) is 23.4. The molecule has 0 aromatic rings. The first-order chi connectivity index (χ1) is 18.6. The molecule has 0 saturated carbocycles. The third kappa shape index (κ3) is 28.8. The van der Waals surface area contributed by atoms with Gasteiger partial charge in [-0.15, -0.1) is 0 Å². The van der Waals surface area contributed by atoms with Gasteiger partial charge in [0.1, 0.15) is 19.3 Å². The molecule has 0 amide bonds. The summed E-state index contributed by atoms with van der Waals surface area (Å²) in [5.41, 5.74) is 0. The van der Waals surface area contributed by atoms with Gasteiger partial charge >= 0.3 is 5.97 Å². The van der Waals surface area contributed by atoms with E-state index in [1.54, 1.807) is 0 Å². The van der Waals surface area contributed by atoms with Crippen molar-refractivity contribution in [2.45, 2.75) is 116 Å². The Morgan fingerprint density at radius 1 is 0.744 bits per heavy atom. The summed E-state index contributed by atoms with van der Waals surface area (Å²) in [5.74, 6) is -0.310. The van der Waals surface area contributed by atoms with E-state index in [9.17, 15) is 14.3 Å². The van der Waals surface area contributed by atoms with E-state index in [-0.39, 0.29) is 38.8 Å². The molecule has 0 aromatic carbocycles. The van der Waals surface area contributed by atoms with Crippen molar-refractivity contribution in [3.05, 3.63) is 0 Å². The number of carbonyl (C=O) groups excluding carboxylic acids is 1. The fourth-order valence-electron chi connectivity index (χ4n) is 3.96. The second-order valence-electron chi connectivity index (χ2n) is 11.4. The molecule has 0 spiro atoms. The Labute approximate surface area is 239 Å². The summed E-state index contributed by atoms with van der Waals surface area (Å²) in [6.45, 7) is 3.73. The third-order valence-electron chi connectivity index (χ3n) is 6.48. The Balaban J connectivity index is 4.04. The van der Waals surface area contributed by atoms with Crippen molar-refractivity contribution in [3.8, 4) is 0 Å².